The number of carbonyl (C=O) groups is 1. The van der Waals surface area contributed by atoms with E-state index < -0.39 is 5.72 Å². The van der Waals surface area contributed by atoms with E-state index in [1.807, 2.05) is 52.1 Å². The van der Waals surface area contributed by atoms with Crippen molar-refractivity contribution in [1.29, 1.82) is 0 Å². The summed E-state index contributed by atoms with van der Waals surface area (Å²) in [6, 6.07) is 5.93. The Balaban J connectivity index is 0.000000633. The number of H-pyrrole nitrogens is 1. The number of nitrogens with zero attached hydrogens (tertiary/aromatic N) is 2. The van der Waals surface area contributed by atoms with Crippen LogP contribution in [0.1, 0.15) is 96.1 Å². The molecule has 40 heavy (non-hydrogen) atoms. The van der Waals surface area contributed by atoms with Crippen LogP contribution in [0.5, 0.6) is 0 Å². The van der Waals surface area contributed by atoms with E-state index in [1.165, 1.54) is 37.1 Å². The minimum absolute atomic E-state index is 0. The number of hydrogen-bond donors (Lipinski definition) is 3. The van der Waals surface area contributed by atoms with Gasteiger partial charge in [-0.2, -0.15) is 0 Å². The third-order valence-electron chi connectivity index (χ3n) is 6.37. The average Bonchev–Trinajstić information content (AvgIpc) is 3.57. The van der Waals surface area contributed by atoms with Crippen molar-refractivity contribution in [3.63, 3.8) is 0 Å². The molecule has 1 atom stereocenters. The number of ether oxygens (including phenoxy) is 1. The number of thiazole rings is 1. The van der Waals surface area contributed by atoms with Crippen LogP contribution in [0.25, 0.3) is 10.4 Å². The molecule has 1 saturated carbocycles. The van der Waals surface area contributed by atoms with Crippen LogP contribution in [0.15, 0.2) is 36.8 Å². The van der Waals surface area contributed by atoms with Crippen LogP contribution in [0.2, 0.25) is 0 Å². The first-order valence-electron chi connectivity index (χ1n) is 13.7. The summed E-state index contributed by atoms with van der Waals surface area (Å²) in [5.41, 5.74) is 1.10. The zero-order valence-corrected chi connectivity index (χ0v) is 28.7. The fraction of sp³-hybridized carbons (Fsp3) is 0.552. The summed E-state index contributed by atoms with van der Waals surface area (Å²) in [7, 11) is 0. The molecule has 0 radical (unpaired) electrons. The molecule has 11 heteroatoms. The van der Waals surface area contributed by atoms with Crippen molar-refractivity contribution in [2.45, 2.75) is 97.3 Å². The smallest absolute Gasteiger partial charge is 0.835 e. The molecule has 3 aromatic rings. The first kappa shape index (κ1) is 36.9. The molecular weight excluding hydrogens is 554 g/mol. The molecule has 1 aromatic carbocycles. The maximum Gasteiger partial charge on any atom is 1.00 e. The predicted octanol–water partition coefficient (Wildman–Crippen LogP) is 2.38. The second-order valence-corrected chi connectivity index (χ2v) is 11.1. The molecule has 1 unspecified atom stereocenters. The average molecular weight is 598 g/mol. The van der Waals surface area contributed by atoms with E-state index in [4.69, 9.17) is 9.72 Å². The second-order valence-electron chi connectivity index (χ2n) is 10.1. The van der Waals surface area contributed by atoms with Crippen molar-refractivity contribution >= 4 is 28.9 Å². The third-order valence-corrected chi connectivity index (χ3v) is 7.57. The van der Waals surface area contributed by atoms with Gasteiger partial charge in [0.1, 0.15) is 0 Å². The molecule has 0 saturated heterocycles. The molecular formula is C29H44KN5O4S. The van der Waals surface area contributed by atoms with Crippen molar-refractivity contribution in [3.8, 4) is 10.4 Å². The number of esters is 1. The van der Waals surface area contributed by atoms with Crippen LogP contribution in [0.4, 0.5) is 11.6 Å². The van der Waals surface area contributed by atoms with Gasteiger partial charge >= 0.3 is 57.4 Å². The first-order chi connectivity index (χ1) is 18.2. The van der Waals surface area contributed by atoms with Gasteiger partial charge in [-0.3, -0.25) is 4.79 Å². The SMILES string of the molecule is CCCC(=O)OC(C)C.CCNC(C)([O-])c1cc(Nc2ncc[nH]2)ccc1-c1cnc(C2CCCCC2)s1.O.[K+]. The van der Waals surface area contributed by atoms with Crippen LogP contribution >= 0.6 is 11.3 Å². The number of hydrogen-bond acceptors (Lipinski definition) is 8. The number of nitrogens with one attached hydrogen (secondary N) is 3. The van der Waals surface area contributed by atoms with Gasteiger partial charge in [-0.05, 0) is 68.6 Å². The zero-order chi connectivity index (χ0) is 27.5. The Morgan fingerprint density at radius 1 is 1.23 bits per heavy atom. The van der Waals surface area contributed by atoms with Gasteiger partial charge in [-0.1, -0.05) is 46.1 Å². The van der Waals surface area contributed by atoms with Gasteiger partial charge in [0.15, 0.2) is 0 Å². The van der Waals surface area contributed by atoms with E-state index in [9.17, 15) is 9.90 Å². The van der Waals surface area contributed by atoms with E-state index in [0.717, 1.165) is 28.1 Å². The molecule has 2 aromatic heterocycles. The monoisotopic (exact) mass is 597 g/mol. The van der Waals surface area contributed by atoms with Crippen LogP contribution in [0, 0.1) is 0 Å². The predicted molar refractivity (Wildman–Crippen MR) is 156 cm³/mol. The van der Waals surface area contributed by atoms with Crippen molar-refractivity contribution in [2.75, 3.05) is 11.9 Å². The molecule has 9 nitrogen and oxygen atoms in total. The number of anilines is 2. The Hall–Kier alpha value is -1.15. The van der Waals surface area contributed by atoms with Crippen LogP contribution in [-0.2, 0) is 15.3 Å². The summed E-state index contributed by atoms with van der Waals surface area (Å²) in [5, 5.41) is 20.9. The molecule has 1 fully saturated rings. The Morgan fingerprint density at radius 2 is 1.95 bits per heavy atom. The van der Waals surface area contributed by atoms with Crippen molar-refractivity contribution < 1.29 is 71.5 Å². The fourth-order valence-corrected chi connectivity index (χ4v) is 5.74. The quantitative estimate of drug-likeness (QED) is 0.185. The van der Waals surface area contributed by atoms with Crippen molar-refractivity contribution in [3.05, 3.63) is 47.4 Å². The number of carbonyl (C=O) groups excluding carboxylic acids is 1. The van der Waals surface area contributed by atoms with Gasteiger partial charge < -0.3 is 30.9 Å². The molecule has 1 aliphatic carbocycles. The van der Waals surface area contributed by atoms with Crippen LogP contribution < -0.4 is 67.1 Å². The van der Waals surface area contributed by atoms with Crippen LogP contribution in [0.3, 0.4) is 0 Å². The summed E-state index contributed by atoms with van der Waals surface area (Å²) >= 11 is 1.74. The summed E-state index contributed by atoms with van der Waals surface area (Å²) in [6.07, 6.45) is 13.2. The summed E-state index contributed by atoms with van der Waals surface area (Å²) < 4.78 is 4.85. The molecule has 1 aliphatic rings. The van der Waals surface area contributed by atoms with Gasteiger partial charge in [0.2, 0.25) is 5.95 Å². The van der Waals surface area contributed by atoms with Crippen LogP contribution in [-0.4, -0.2) is 39.0 Å². The van der Waals surface area contributed by atoms with E-state index in [0.29, 0.717) is 24.8 Å². The number of aromatic nitrogens is 3. The third kappa shape index (κ3) is 11.3. The molecule has 0 aliphatic heterocycles. The zero-order valence-electron chi connectivity index (χ0n) is 24.8. The molecule has 4 rings (SSSR count). The maximum absolute atomic E-state index is 13.4. The minimum atomic E-state index is -1.40. The minimum Gasteiger partial charge on any atom is -0.835 e. The fourth-order valence-electron chi connectivity index (χ4n) is 4.61. The van der Waals surface area contributed by atoms with Crippen molar-refractivity contribution in [2.24, 2.45) is 0 Å². The van der Waals surface area contributed by atoms with E-state index >= 15 is 0 Å². The maximum atomic E-state index is 13.4. The molecule has 0 spiro atoms. The molecule has 216 valence electrons. The van der Waals surface area contributed by atoms with Gasteiger partial charge in [0.25, 0.3) is 0 Å². The van der Waals surface area contributed by atoms with Gasteiger partial charge in [0.05, 0.1) is 16.0 Å². The van der Waals surface area contributed by atoms with E-state index in [-0.39, 0.29) is 68.9 Å². The molecule has 2 heterocycles. The van der Waals surface area contributed by atoms with Gasteiger partial charge in [0, 0.05) is 36.6 Å². The molecule has 0 bridgehead atoms. The number of rotatable bonds is 10. The number of benzene rings is 1. The molecule has 0 amide bonds. The summed E-state index contributed by atoms with van der Waals surface area (Å²) in [5.74, 6) is 1.13. The summed E-state index contributed by atoms with van der Waals surface area (Å²) in [4.78, 5) is 23.7. The van der Waals surface area contributed by atoms with Gasteiger partial charge in [-0.15, -0.1) is 11.3 Å². The van der Waals surface area contributed by atoms with Gasteiger partial charge in [-0.25, -0.2) is 9.97 Å². The standard InChI is InChI=1S/C22H28N5OS.C7H14O2.K.H2O/c1-3-26-22(2,28)18-13-16(27-21-23-11-12-24-21)9-10-17(18)19-14-25-20(29-19)15-7-5-4-6-8-15;1-4-5-7(8)9-6(2)3;;/h9-15,26H,3-8H2,1-2H3,(H2,23,24,27);6H,4-5H2,1-3H3;;1H2/q-1;;+1;. The van der Waals surface area contributed by atoms with E-state index in [2.05, 4.69) is 20.6 Å². The number of aromatic amines is 1. The number of imidazole rings is 1. The Kier molecular flexibility index (Phi) is 17.0. The Morgan fingerprint density at radius 3 is 2.55 bits per heavy atom. The largest absolute Gasteiger partial charge is 1.00 e. The Labute approximate surface area is 285 Å². The summed E-state index contributed by atoms with van der Waals surface area (Å²) in [6.45, 7) is 9.91. The molecule has 5 N–H and O–H groups in total. The normalized spacial score (nSPS) is 14.7. The second kappa shape index (κ2) is 18.4. The van der Waals surface area contributed by atoms with Crippen molar-refractivity contribution in [1.82, 2.24) is 20.3 Å². The topological polar surface area (TPSA) is 146 Å². The Bertz CT molecular complexity index is 1130. The first-order valence-corrected chi connectivity index (χ1v) is 14.6. The van der Waals surface area contributed by atoms with E-state index in [1.54, 1.807) is 30.7 Å².